The molecular weight excluding hydrogens is 334 g/mol. The normalized spacial score (nSPS) is 10.9. The third-order valence-electron chi connectivity index (χ3n) is 3.84. The monoisotopic (exact) mass is 357 g/mol. The van der Waals surface area contributed by atoms with Crippen LogP contribution in [0.4, 0.5) is 5.69 Å². The molecule has 0 radical (unpaired) electrons. The van der Waals surface area contributed by atoms with Crippen molar-refractivity contribution in [2.45, 2.75) is 6.92 Å². The van der Waals surface area contributed by atoms with Gasteiger partial charge in [0.1, 0.15) is 0 Å². The topological polar surface area (TPSA) is 66.0 Å². The summed E-state index contributed by atoms with van der Waals surface area (Å²) in [4.78, 5) is 12.1. The molecule has 138 valence electrons. The largest absolute Gasteiger partial charge is 0.493 e. The number of allylic oxidation sites excluding steroid dienone is 1. The lowest BCUT2D eigenvalue weighted by molar-refractivity contribution is -0.111. The number of ether oxygens (including phenoxy) is 4. The lowest BCUT2D eigenvalue weighted by Gasteiger charge is -2.12. The van der Waals surface area contributed by atoms with Gasteiger partial charge in [0.2, 0.25) is 0 Å². The number of anilines is 1. The number of benzene rings is 2. The Hall–Kier alpha value is -3.15. The summed E-state index contributed by atoms with van der Waals surface area (Å²) in [5, 5.41) is 3.13. The van der Waals surface area contributed by atoms with E-state index in [0.717, 1.165) is 11.3 Å². The van der Waals surface area contributed by atoms with Gasteiger partial charge in [-0.3, -0.25) is 4.79 Å². The molecular formula is C20H23NO5. The minimum absolute atomic E-state index is 0.0785. The van der Waals surface area contributed by atoms with Crippen LogP contribution in [-0.2, 0) is 4.79 Å². The van der Waals surface area contributed by atoms with Gasteiger partial charge in [-0.2, -0.15) is 0 Å². The summed E-state index contributed by atoms with van der Waals surface area (Å²) in [5.41, 5.74) is 2.01. The number of carbonyl (C=O) groups excluding carboxylic acids is 1. The summed E-state index contributed by atoms with van der Waals surface area (Å²) in [6.07, 6.45) is 1.66. The minimum atomic E-state index is -0.0785. The van der Waals surface area contributed by atoms with E-state index in [4.69, 9.17) is 18.9 Å². The van der Waals surface area contributed by atoms with Gasteiger partial charge in [-0.05, 0) is 36.8 Å². The van der Waals surface area contributed by atoms with E-state index in [1.165, 1.54) is 6.92 Å². The lowest BCUT2D eigenvalue weighted by Crippen LogP contribution is -2.01. The first-order chi connectivity index (χ1) is 12.5. The molecule has 0 saturated carbocycles. The van der Waals surface area contributed by atoms with Crippen molar-refractivity contribution in [1.82, 2.24) is 0 Å². The SMILES string of the molecule is COc1ccc(NC=C(C(C)=O)c2ccc(OC)c(OC)c2)cc1OC. The van der Waals surface area contributed by atoms with Crippen molar-refractivity contribution in [3.63, 3.8) is 0 Å². The van der Waals surface area contributed by atoms with Crippen molar-refractivity contribution in [1.29, 1.82) is 0 Å². The van der Waals surface area contributed by atoms with Crippen LogP contribution >= 0.6 is 0 Å². The van der Waals surface area contributed by atoms with Crippen molar-refractivity contribution in [2.75, 3.05) is 33.8 Å². The van der Waals surface area contributed by atoms with E-state index in [1.54, 1.807) is 58.9 Å². The number of hydrogen-bond donors (Lipinski definition) is 1. The molecule has 0 heterocycles. The maximum absolute atomic E-state index is 12.1. The first-order valence-corrected chi connectivity index (χ1v) is 7.96. The molecule has 2 aromatic carbocycles. The molecule has 0 unspecified atom stereocenters. The highest BCUT2D eigenvalue weighted by molar-refractivity contribution is 6.19. The van der Waals surface area contributed by atoms with Gasteiger partial charge < -0.3 is 24.3 Å². The Balaban J connectivity index is 2.34. The molecule has 2 rings (SSSR count). The number of ketones is 1. The molecule has 0 amide bonds. The van der Waals surface area contributed by atoms with Crippen LogP contribution in [0.15, 0.2) is 42.6 Å². The first-order valence-electron chi connectivity index (χ1n) is 7.96. The zero-order valence-corrected chi connectivity index (χ0v) is 15.6. The van der Waals surface area contributed by atoms with Gasteiger partial charge in [0.15, 0.2) is 28.8 Å². The van der Waals surface area contributed by atoms with E-state index in [0.29, 0.717) is 28.6 Å². The molecule has 2 aromatic rings. The Bertz CT molecular complexity index is 814. The van der Waals surface area contributed by atoms with Gasteiger partial charge >= 0.3 is 0 Å². The van der Waals surface area contributed by atoms with Crippen LogP contribution in [0.2, 0.25) is 0 Å². The van der Waals surface area contributed by atoms with Crippen molar-refractivity contribution in [3.8, 4) is 23.0 Å². The third-order valence-corrected chi connectivity index (χ3v) is 3.84. The Labute approximate surface area is 153 Å². The van der Waals surface area contributed by atoms with E-state index in [9.17, 15) is 4.79 Å². The van der Waals surface area contributed by atoms with Crippen LogP contribution in [0.3, 0.4) is 0 Å². The average molecular weight is 357 g/mol. The Kier molecular flexibility index (Phi) is 6.49. The van der Waals surface area contributed by atoms with Crippen molar-refractivity contribution in [2.24, 2.45) is 0 Å². The van der Waals surface area contributed by atoms with Gasteiger partial charge in [0, 0.05) is 23.5 Å². The number of methoxy groups -OCH3 is 4. The number of nitrogens with one attached hydrogen (secondary N) is 1. The van der Waals surface area contributed by atoms with Crippen LogP contribution < -0.4 is 24.3 Å². The first kappa shape index (κ1) is 19.2. The second-order valence-electron chi connectivity index (χ2n) is 5.40. The quantitative estimate of drug-likeness (QED) is 0.726. The van der Waals surface area contributed by atoms with Gasteiger partial charge in [0.05, 0.1) is 28.4 Å². The fraction of sp³-hybridized carbons (Fsp3) is 0.250. The van der Waals surface area contributed by atoms with Crippen molar-refractivity contribution in [3.05, 3.63) is 48.2 Å². The molecule has 1 N–H and O–H groups in total. The summed E-state index contributed by atoms with van der Waals surface area (Å²) < 4.78 is 21.1. The molecule has 0 aliphatic heterocycles. The summed E-state index contributed by atoms with van der Waals surface area (Å²) in [6, 6.07) is 10.8. The number of Topliss-reactive ketones (excluding diaryl/α,β-unsaturated/α-hetero) is 1. The predicted octanol–water partition coefficient (Wildman–Crippen LogP) is 3.76. The van der Waals surface area contributed by atoms with Crippen LogP contribution in [-0.4, -0.2) is 34.2 Å². The fourth-order valence-electron chi connectivity index (χ4n) is 2.47. The maximum Gasteiger partial charge on any atom is 0.162 e. The Morgan fingerprint density at radius 3 is 1.88 bits per heavy atom. The molecule has 0 aliphatic carbocycles. The van der Waals surface area contributed by atoms with Crippen LogP contribution in [0.1, 0.15) is 12.5 Å². The molecule has 6 heteroatoms. The predicted molar refractivity (Wildman–Crippen MR) is 101 cm³/mol. The molecule has 26 heavy (non-hydrogen) atoms. The van der Waals surface area contributed by atoms with E-state index < -0.39 is 0 Å². The Morgan fingerprint density at radius 2 is 1.35 bits per heavy atom. The zero-order chi connectivity index (χ0) is 19.1. The van der Waals surface area contributed by atoms with Gasteiger partial charge in [0.25, 0.3) is 0 Å². The third kappa shape index (κ3) is 4.27. The molecule has 0 aromatic heterocycles. The van der Waals surface area contributed by atoms with Crippen molar-refractivity contribution >= 4 is 17.0 Å². The second-order valence-corrected chi connectivity index (χ2v) is 5.40. The maximum atomic E-state index is 12.1. The number of carbonyl (C=O) groups is 1. The molecule has 0 atom stereocenters. The molecule has 6 nitrogen and oxygen atoms in total. The average Bonchev–Trinajstić information content (AvgIpc) is 2.67. The summed E-state index contributed by atoms with van der Waals surface area (Å²) in [6.45, 7) is 1.51. The van der Waals surface area contributed by atoms with E-state index in [2.05, 4.69) is 5.32 Å². The number of hydrogen-bond acceptors (Lipinski definition) is 6. The van der Waals surface area contributed by atoms with Crippen molar-refractivity contribution < 1.29 is 23.7 Å². The highest BCUT2D eigenvalue weighted by Crippen LogP contribution is 2.32. The fourth-order valence-corrected chi connectivity index (χ4v) is 2.47. The summed E-state index contributed by atoms with van der Waals surface area (Å²) in [5.74, 6) is 2.32. The van der Waals surface area contributed by atoms with E-state index in [1.807, 2.05) is 12.1 Å². The Morgan fingerprint density at radius 1 is 0.808 bits per heavy atom. The van der Waals surface area contributed by atoms with Gasteiger partial charge in [-0.25, -0.2) is 0 Å². The highest BCUT2D eigenvalue weighted by Gasteiger charge is 2.12. The molecule has 0 bridgehead atoms. The van der Waals surface area contributed by atoms with E-state index in [-0.39, 0.29) is 5.78 Å². The standard InChI is InChI=1S/C20H23NO5/c1-13(22)16(14-6-8-17(23-2)19(10-14)25-4)12-21-15-7-9-18(24-3)20(11-15)26-5/h6-12,21H,1-5H3. The molecule has 0 spiro atoms. The van der Waals surface area contributed by atoms with Gasteiger partial charge in [-0.15, -0.1) is 0 Å². The number of rotatable bonds is 8. The van der Waals surface area contributed by atoms with Crippen LogP contribution in [0.5, 0.6) is 23.0 Å². The second kappa shape index (κ2) is 8.80. The summed E-state index contributed by atoms with van der Waals surface area (Å²) >= 11 is 0. The zero-order valence-electron chi connectivity index (χ0n) is 15.6. The minimum Gasteiger partial charge on any atom is -0.493 e. The van der Waals surface area contributed by atoms with Gasteiger partial charge in [-0.1, -0.05) is 6.07 Å². The molecule has 0 aliphatic rings. The molecule has 0 fully saturated rings. The molecule has 0 saturated heterocycles. The van der Waals surface area contributed by atoms with E-state index >= 15 is 0 Å². The van der Waals surface area contributed by atoms with Crippen LogP contribution in [0.25, 0.3) is 5.57 Å². The lowest BCUT2D eigenvalue weighted by atomic mass is 10.0. The van der Waals surface area contributed by atoms with Crippen LogP contribution in [0, 0.1) is 0 Å². The smallest absolute Gasteiger partial charge is 0.162 e. The highest BCUT2D eigenvalue weighted by atomic mass is 16.5. The summed E-state index contributed by atoms with van der Waals surface area (Å²) in [7, 11) is 6.27.